The number of hydrogen-bond donors (Lipinski definition) is 0. The van der Waals surface area contributed by atoms with Gasteiger partial charge in [-0.1, -0.05) is 194 Å². The van der Waals surface area contributed by atoms with Gasteiger partial charge in [0.25, 0.3) is 0 Å². The summed E-state index contributed by atoms with van der Waals surface area (Å²) in [6.07, 6.45) is 0. The fourth-order valence-corrected chi connectivity index (χ4v) is 14.5. The van der Waals surface area contributed by atoms with Gasteiger partial charge in [0.15, 0.2) is 11.2 Å². The molecule has 0 saturated heterocycles. The molecule has 84 heavy (non-hydrogen) atoms. The molecule has 13 aromatic carbocycles. The van der Waals surface area contributed by atoms with Crippen molar-refractivity contribution in [2.75, 3.05) is 9.80 Å². The van der Waals surface area contributed by atoms with Crippen LogP contribution < -0.4 is 9.80 Å². The highest BCUT2D eigenvalue weighted by Gasteiger charge is 2.32. The van der Waals surface area contributed by atoms with E-state index in [2.05, 4.69) is 298 Å². The van der Waals surface area contributed by atoms with Crippen LogP contribution in [0.4, 0.5) is 34.1 Å². The molecule has 0 bridgehead atoms. The summed E-state index contributed by atoms with van der Waals surface area (Å²) in [5, 5.41) is 13.9. The minimum absolute atomic E-state index is 0.846. The monoisotopic (exact) mass is 1070 g/mol. The molecule has 0 radical (unpaired) electrons. The maximum atomic E-state index is 7.04. The second-order valence-electron chi connectivity index (χ2n) is 22.3. The van der Waals surface area contributed by atoms with Crippen molar-refractivity contribution in [1.82, 2.24) is 8.80 Å². The van der Waals surface area contributed by atoms with Crippen LogP contribution in [0.25, 0.3) is 142 Å². The Morgan fingerprint density at radius 1 is 0.262 bits per heavy atom. The smallest absolute Gasteiger partial charge is 0.160 e. The standard InChI is InChI=1S/C78H46N4O2/c1-5-21-47(22-6-1)51-37-39-57-53-29-15-19-35-69(53)83-77(57)75(51)79(49-25-9-3-10-26-49)65-43-41-55-61-45-68-62(46-67(61)81-63-33-17-13-31-59(63)71(65)73(55)81)56-42-44-66(72-60-32-14-18-34-64(60)82(68)74(56)72)80(50-27-11-4-12-28-50)76-52(48-23-7-2-8-24-48)38-40-58-54-30-16-20-36-70(54)84-78(58)76/h1-46H. The molecule has 0 amide bonds. The molecule has 19 rings (SSSR count). The van der Waals surface area contributed by atoms with Gasteiger partial charge in [0, 0.05) is 87.1 Å². The Kier molecular flexibility index (Phi) is 9.24. The highest BCUT2D eigenvalue weighted by molar-refractivity contribution is 6.33. The number of rotatable bonds is 8. The van der Waals surface area contributed by atoms with Crippen molar-refractivity contribution >= 4 is 154 Å². The third-order valence-electron chi connectivity index (χ3n) is 17.9. The number of anilines is 6. The molecule has 0 spiro atoms. The van der Waals surface area contributed by atoms with Crippen LogP contribution in [-0.2, 0) is 0 Å². The lowest BCUT2D eigenvalue weighted by Gasteiger charge is -2.29. The third-order valence-corrected chi connectivity index (χ3v) is 17.9. The zero-order valence-corrected chi connectivity index (χ0v) is 45.2. The lowest BCUT2D eigenvalue weighted by atomic mass is 9.97. The van der Waals surface area contributed by atoms with Crippen LogP contribution in [0.15, 0.2) is 288 Å². The van der Waals surface area contributed by atoms with E-state index in [9.17, 15) is 0 Å². The summed E-state index contributed by atoms with van der Waals surface area (Å²) in [5.41, 5.74) is 21.1. The molecule has 0 fully saturated rings. The van der Waals surface area contributed by atoms with Crippen LogP contribution in [0.2, 0.25) is 0 Å². The number of furan rings is 2. The summed E-state index contributed by atoms with van der Waals surface area (Å²) < 4.78 is 19.2. The van der Waals surface area contributed by atoms with E-state index in [-0.39, 0.29) is 0 Å². The van der Waals surface area contributed by atoms with Crippen LogP contribution in [0.3, 0.4) is 0 Å². The van der Waals surface area contributed by atoms with Gasteiger partial charge in [0.1, 0.15) is 11.2 Å². The average Bonchev–Trinajstić information content (AvgIpc) is 1.92. The Balaban J connectivity index is 0.898. The molecule has 0 aliphatic heterocycles. The molecule has 6 aromatic heterocycles. The quantitative estimate of drug-likeness (QED) is 0.152. The third kappa shape index (κ3) is 6.12. The van der Waals surface area contributed by atoms with E-state index in [1.165, 1.54) is 65.2 Å². The topological polar surface area (TPSA) is 41.6 Å². The summed E-state index contributed by atoms with van der Waals surface area (Å²) in [7, 11) is 0. The summed E-state index contributed by atoms with van der Waals surface area (Å²) in [6, 6.07) is 101. The van der Waals surface area contributed by atoms with Gasteiger partial charge in [-0.3, -0.25) is 0 Å². The van der Waals surface area contributed by atoms with Gasteiger partial charge < -0.3 is 27.4 Å². The molecule has 0 atom stereocenters. The van der Waals surface area contributed by atoms with Crippen molar-refractivity contribution in [3.8, 4) is 22.3 Å². The maximum Gasteiger partial charge on any atom is 0.160 e. The fourth-order valence-electron chi connectivity index (χ4n) is 14.5. The van der Waals surface area contributed by atoms with Crippen LogP contribution in [0.1, 0.15) is 0 Å². The van der Waals surface area contributed by atoms with Crippen molar-refractivity contribution in [2.45, 2.75) is 0 Å². The van der Waals surface area contributed by atoms with E-state index >= 15 is 0 Å². The maximum absolute atomic E-state index is 7.04. The Hall–Kier alpha value is -11.3. The van der Waals surface area contributed by atoms with Crippen LogP contribution in [0, 0.1) is 0 Å². The van der Waals surface area contributed by atoms with Crippen LogP contribution >= 0.6 is 0 Å². The molecule has 0 aliphatic carbocycles. The number of hydrogen-bond acceptors (Lipinski definition) is 4. The van der Waals surface area contributed by atoms with Crippen molar-refractivity contribution in [2.24, 2.45) is 0 Å². The molecule has 6 heteroatoms. The molecule has 0 saturated carbocycles. The number of fused-ring (bicyclic) bond motifs is 18. The van der Waals surface area contributed by atoms with Gasteiger partial charge in [-0.25, -0.2) is 0 Å². The van der Waals surface area contributed by atoms with Gasteiger partial charge in [0.05, 0.1) is 55.8 Å². The van der Waals surface area contributed by atoms with Crippen molar-refractivity contribution in [1.29, 1.82) is 0 Å². The van der Waals surface area contributed by atoms with Gasteiger partial charge in [0.2, 0.25) is 0 Å². The largest absolute Gasteiger partial charge is 0.454 e. The summed E-state index contributed by atoms with van der Waals surface area (Å²) in [5.74, 6) is 0. The predicted molar refractivity (Wildman–Crippen MR) is 351 cm³/mol. The Bertz CT molecular complexity index is 5490. The first-order valence-electron chi connectivity index (χ1n) is 28.7. The number of benzene rings is 13. The second-order valence-corrected chi connectivity index (χ2v) is 22.3. The first-order chi connectivity index (χ1) is 41.7. The van der Waals surface area contributed by atoms with Crippen molar-refractivity contribution in [3.05, 3.63) is 279 Å². The zero-order chi connectivity index (χ0) is 54.7. The summed E-state index contributed by atoms with van der Waals surface area (Å²) in [4.78, 5) is 4.91. The Morgan fingerprint density at radius 2 is 0.619 bits per heavy atom. The van der Waals surface area contributed by atoms with Gasteiger partial charge in [-0.15, -0.1) is 0 Å². The molecule has 0 unspecified atom stereocenters. The summed E-state index contributed by atoms with van der Waals surface area (Å²) >= 11 is 0. The van der Waals surface area contributed by atoms with Gasteiger partial charge >= 0.3 is 0 Å². The van der Waals surface area contributed by atoms with E-state index in [1.807, 2.05) is 0 Å². The number of aromatic nitrogens is 2. The minimum Gasteiger partial charge on any atom is -0.454 e. The molecular weight excluding hydrogens is 1020 g/mol. The van der Waals surface area contributed by atoms with Gasteiger partial charge in [-0.2, -0.15) is 0 Å². The van der Waals surface area contributed by atoms with Gasteiger partial charge in [-0.05, 0) is 96.1 Å². The first kappa shape index (κ1) is 45.4. The van der Waals surface area contributed by atoms with E-state index in [1.54, 1.807) is 0 Å². The van der Waals surface area contributed by atoms with E-state index in [4.69, 9.17) is 8.83 Å². The zero-order valence-electron chi connectivity index (χ0n) is 45.2. The molecule has 0 aliphatic rings. The number of para-hydroxylation sites is 6. The first-order valence-corrected chi connectivity index (χ1v) is 28.7. The van der Waals surface area contributed by atoms with Crippen LogP contribution in [0.5, 0.6) is 0 Å². The normalized spacial score (nSPS) is 12.3. The van der Waals surface area contributed by atoms with E-state index < -0.39 is 0 Å². The Morgan fingerprint density at radius 3 is 1.05 bits per heavy atom. The average molecular weight is 1070 g/mol. The van der Waals surface area contributed by atoms with Crippen LogP contribution in [-0.4, -0.2) is 8.80 Å². The number of nitrogens with zero attached hydrogens (tertiary/aromatic N) is 4. The fraction of sp³-hybridized carbons (Fsp3) is 0. The lowest BCUT2D eigenvalue weighted by molar-refractivity contribution is 0.669. The SMILES string of the molecule is c1ccc(-c2ccc3c(oc4ccccc43)c2N(c2ccccc2)c2ccc3c4cc5c(cc4n4c6ccccc6c2c34)c2ccc(N(c3ccccc3)c3c(-c4ccccc4)ccc4c3oc3ccccc34)c3c4ccccc4n5c23)cc1. The van der Waals surface area contributed by atoms with Crippen molar-refractivity contribution in [3.63, 3.8) is 0 Å². The molecule has 6 nitrogen and oxygen atoms in total. The summed E-state index contributed by atoms with van der Waals surface area (Å²) in [6.45, 7) is 0. The highest BCUT2D eigenvalue weighted by Crippen LogP contribution is 2.55. The molecule has 390 valence electrons. The second kappa shape index (κ2) is 17.1. The molecular formula is C78H46N4O2. The minimum atomic E-state index is 0.846. The van der Waals surface area contributed by atoms with E-state index in [0.717, 1.165) is 111 Å². The molecule has 6 heterocycles. The Labute approximate surface area is 480 Å². The lowest BCUT2D eigenvalue weighted by Crippen LogP contribution is -2.12. The molecule has 0 N–H and O–H groups in total. The van der Waals surface area contributed by atoms with E-state index in [0.29, 0.717) is 0 Å². The predicted octanol–water partition coefficient (Wildman–Crippen LogP) is 22.1. The highest BCUT2D eigenvalue weighted by atomic mass is 16.3. The molecule has 19 aromatic rings. The van der Waals surface area contributed by atoms with Crippen molar-refractivity contribution < 1.29 is 8.83 Å².